The number of likely N-dealkylation sites (N-methyl/N-ethyl adjacent to an activating group) is 1. The van der Waals surface area contributed by atoms with Gasteiger partial charge in [0.05, 0.1) is 12.1 Å². The van der Waals surface area contributed by atoms with E-state index < -0.39 is 24.7 Å². The van der Waals surface area contributed by atoms with Gasteiger partial charge in [0.25, 0.3) is 0 Å². The highest BCUT2D eigenvalue weighted by atomic mass is 19.4. The molecule has 1 saturated heterocycles. The molecule has 0 radical (unpaired) electrons. The first kappa shape index (κ1) is 13.2. The van der Waals surface area contributed by atoms with Crippen LogP contribution in [0.5, 0.6) is 0 Å². The quantitative estimate of drug-likeness (QED) is 0.775. The molecule has 4 nitrogen and oxygen atoms in total. The van der Waals surface area contributed by atoms with Gasteiger partial charge in [-0.3, -0.25) is 9.69 Å². The van der Waals surface area contributed by atoms with Crippen molar-refractivity contribution in [1.82, 2.24) is 10.2 Å². The van der Waals surface area contributed by atoms with Crippen LogP contribution in [-0.4, -0.2) is 56.4 Å². The summed E-state index contributed by atoms with van der Waals surface area (Å²) in [4.78, 5) is 13.1. The molecule has 16 heavy (non-hydrogen) atoms. The van der Waals surface area contributed by atoms with Crippen molar-refractivity contribution >= 4 is 5.91 Å². The van der Waals surface area contributed by atoms with Crippen molar-refractivity contribution in [3.63, 3.8) is 0 Å². The van der Waals surface area contributed by atoms with Crippen molar-refractivity contribution in [3.8, 4) is 0 Å². The lowest BCUT2D eigenvalue weighted by Gasteiger charge is -2.18. The number of carbonyl (C=O) groups is 1. The van der Waals surface area contributed by atoms with E-state index in [1.807, 2.05) is 5.32 Å². The average Bonchev–Trinajstić information content (AvgIpc) is 2.55. The third kappa shape index (κ3) is 3.64. The van der Waals surface area contributed by atoms with E-state index in [4.69, 9.17) is 4.74 Å². The van der Waals surface area contributed by atoms with Crippen LogP contribution in [0.15, 0.2) is 0 Å². The minimum absolute atomic E-state index is 0.0911. The van der Waals surface area contributed by atoms with Crippen LogP contribution in [0.25, 0.3) is 0 Å². The first-order valence-corrected chi connectivity index (χ1v) is 4.91. The van der Waals surface area contributed by atoms with E-state index in [9.17, 15) is 18.0 Å². The first-order chi connectivity index (χ1) is 7.33. The van der Waals surface area contributed by atoms with Crippen LogP contribution < -0.4 is 5.32 Å². The summed E-state index contributed by atoms with van der Waals surface area (Å²) < 4.78 is 40.7. The smallest absolute Gasteiger partial charge is 0.380 e. The maximum Gasteiger partial charge on any atom is 0.405 e. The minimum Gasteiger partial charge on any atom is -0.380 e. The number of alkyl halides is 3. The van der Waals surface area contributed by atoms with Crippen molar-refractivity contribution in [3.05, 3.63) is 0 Å². The number of hydrogen-bond acceptors (Lipinski definition) is 3. The molecule has 1 amide bonds. The number of methoxy groups -OCH3 is 1. The van der Waals surface area contributed by atoms with E-state index >= 15 is 0 Å². The molecule has 1 N–H and O–H groups in total. The summed E-state index contributed by atoms with van der Waals surface area (Å²) >= 11 is 0. The zero-order chi connectivity index (χ0) is 12.3. The maximum absolute atomic E-state index is 11.9. The predicted octanol–water partition coefficient (Wildman–Crippen LogP) is 0.384. The molecule has 0 bridgehead atoms. The molecule has 1 heterocycles. The normalized spacial score (nSPS) is 27.1. The molecule has 0 aliphatic carbocycles. The number of nitrogens with zero attached hydrogens (tertiary/aromatic N) is 1. The van der Waals surface area contributed by atoms with Crippen molar-refractivity contribution < 1.29 is 22.7 Å². The van der Waals surface area contributed by atoms with Crippen molar-refractivity contribution in [2.75, 3.05) is 27.2 Å². The molecule has 0 saturated carbocycles. The molecule has 1 fully saturated rings. The van der Waals surface area contributed by atoms with Gasteiger partial charge in [0.2, 0.25) is 5.91 Å². The monoisotopic (exact) mass is 240 g/mol. The Morgan fingerprint density at radius 3 is 2.62 bits per heavy atom. The summed E-state index contributed by atoms with van der Waals surface area (Å²) in [6.07, 6.45) is -4.03. The van der Waals surface area contributed by atoms with E-state index in [2.05, 4.69) is 0 Å². The van der Waals surface area contributed by atoms with Crippen LogP contribution in [0.2, 0.25) is 0 Å². The topological polar surface area (TPSA) is 41.6 Å². The standard InChI is InChI=1S/C9H15F3N2O2/c1-14-4-6(16-2)3-7(14)8(15)13-5-9(10,11)12/h6-7H,3-5H2,1-2H3,(H,13,15)/t6-,7-/m0/s1. The molecule has 1 aliphatic rings. The van der Waals surface area contributed by atoms with Crippen molar-refractivity contribution in [1.29, 1.82) is 0 Å². The number of nitrogens with one attached hydrogen (secondary N) is 1. The fourth-order valence-corrected chi connectivity index (χ4v) is 1.74. The zero-order valence-electron chi connectivity index (χ0n) is 9.17. The molecular formula is C9H15F3N2O2. The Bertz CT molecular complexity index is 258. The van der Waals surface area contributed by atoms with Gasteiger partial charge in [-0.2, -0.15) is 13.2 Å². The summed E-state index contributed by atoms with van der Waals surface area (Å²) in [6.45, 7) is -0.728. The van der Waals surface area contributed by atoms with Gasteiger partial charge < -0.3 is 10.1 Å². The maximum atomic E-state index is 11.9. The lowest BCUT2D eigenvalue weighted by atomic mass is 10.2. The Morgan fingerprint density at radius 2 is 2.19 bits per heavy atom. The lowest BCUT2D eigenvalue weighted by Crippen LogP contribution is -2.44. The molecule has 94 valence electrons. The SMILES string of the molecule is CO[C@H]1C[C@@H](C(=O)NCC(F)(F)F)N(C)C1. The number of amides is 1. The molecule has 2 atom stereocenters. The van der Waals surface area contributed by atoms with Gasteiger partial charge in [-0.25, -0.2) is 0 Å². The molecular weight excluding hydrogens is 225 g/mol. The molecule has 1 aliphatic heterocycles. The van der Waals surface area contributed by atoms with Crippen molar-refractivity contribution in [2.45, 2.75) is 24.7 Å². The molecule has 0 spiro atoms. The third-order valence-electron chi connectivity index (χ3n) is 2.61. The molecule has 0 unspecified atom stereocenters. The first-order valence-electron chi connectivity index (χ1n) is 4.91. The number of rotatable bonds is 3. The van der Waals surface area contributed by atoms with E-state index in [1.54, 1.807) is 11.9 Å². The third-order valence-corrected chi connectivity index (χ3v) is 2.61. The zero-order valence-corrected chi connectivity index (χ0v) is 9.17. The van der Waals surface area contributed by atoms with Crippen LogP contribution in [-0.2, 0) is 9.53 Å². The summed E-state index contributed by atoms with van der Waals surface area (Å²) in [7, 11) is 3.21. The van der Waals surface area contributed by atoms with Crippen LogP contribution in [0, 0.1) is 0 Å². The van der Waals surface area contributed by atoms with Gasteiger partial charge >= 0.3 is 6.18 Å². The molecule has 0 aromatic carbocycles. The van der Waals surface area contributed by atoms with Crippen LogP contribution >= 0.6 is 0 Å². The highest BCUT2D eigenvalue weighted by Crippen LogP contribution is 2.19. The summed E-state index contributed by atoms with van der Waals surface area (Å²) in [5.74, 6) is -0.598. The predicted molar refractivity (Wildman–Crippen MR) is 50.9 cm³/mol. The second-order valence-electron chi connectivity index (χ2n) is 3.88. The fraction of sp³-hybridized carbons (Fsp3) is 0.889. The van der Waals surface area contributed by atoms with Gasteiger partial charge in [0.1, 0.15) is 6.54 Å². The number of likely N-dealkylation sites (tertiary alicyclic amines) is 1. The van der Waals surface area contributed by atoms with Gasteiger partial charge in [0, 0.05) is 13.7 Å². The van der Waals surface area contributed by atoms with Gasteiger partial charge in [-0.15, -0.1) is 0 Å². The van der Waals surface area contributed by atoms with Gasteiger partial charge in [-0.1, -0.05) is 0 Å². The summed E-state index contributed by atoms with van der Waals surface area (Å²) in [6, 6.07) is -0.535. The van der Waals surface area contributed by atoms with E-state index in [0.717, 1.165) is 0 Å². The average molecular weight is 240 g/mol. The molecule has 7 heteroatoms. The Kier molecular flexibility index (Phi) is 4.15. The van der Waals surface area contributed by atoms with Gasteiger partial charge in [0.15, 0.2) is 0 Å². The van der Waals surface area contributed by atoms with Crippen LogP contribution in [0.1, 0.15) is 6.42 Å². The fourth-order valence-electron chi connectivity index (χ4n) is 1.74. The Labute approximate surface area is 91.7 Å². The second-order valence-corrected chi connectivity index (χ2v) is 3.88. The summed E-state index contributed by atoms with van der Waals surface area (Å²) in [5, 5.41) is 1.88. The largest absolute Gasteiger partial charge is 0.405 e. The van der Waals surface area contributed by atoms with Crippen molar-refractivity contribution in [2.24, 2.45) is 0 Å². The molecule has 1 rings (SSSR count). The van der Waals surface area contributed by atoms with Crippen LogP contribution in [0.3, 0.4) is 0 Å². The van der Waals surface area contributed by atoms with E-state index in [0.29, 0.717) is 13.0 Å². The minimum atomic E-state index is -4.37. The second kappa shape index (κ2) is 5.01. The summed E-state index contributed by atoms with van der Waals surface area (Å²) in [5.41, 5.74) is 0. The highest BCUT2D eigenvalue weighted by molar-refractivity contribution is 5.82. The number of hydrogen-bond donors (Lipinski definition) is 1. The van der Waals surface area contributed by atoms with Gasteiger partial charge in [-0.05, 0) is 13.5 Å². The number of ether oxygens (including phenoxy) is 1. The lowest BCUT2D eigenvalue weighted by molar-refractivity contribution is -0.140. The number of carbonyl (C=O) groups excluding carboxylic acids is 1. The Morgan fingerprint density at radius 1 is 1.56 bits per heavy atom. The van der Waals surface area contributed by atoms with E-state index in [1.165, 1.54) is 7.11 Å². The number of halogens is 3. The molecule has 0 aromatic heterocycles. The Balaban J connectivity index is 2.43. The highest BCUT2D eigenvalue weighted by Gasteiger charge is 2.36. The Hall–Kier alpha value is -0.820. The van der Waals surface area contributed by atoms with Crippen LogP contribution in [0.4, 0.5) is 13.2 Å². The molecule has 0 aromatic rings. The van der Waals surface area contributed by atoms with E-state index in [-0.39, 0.29) is 6.10 Å².